The number of phosphoric acid groups is 2. The number of carbonyl (C=O) groups is 2. The average molecular weight is 1060 g/mol. The van der Waals surface area contributed by atoms with Crippen LogP contribution in [0.15, 0.2) is 126 Å². The lowest BCUT2D eigenvalue weighted by Crippen LogP contribution is -2.36. The minimum atomic E-state index is -5.45. The standard InChI is InChI=1S/C52H79N3O16P2/c1-3-5-7-8-9-10-11-12-13-14-15-16-21-24-27-30-33-37-48(58)69-44(40-66-47(57)36-32-29-26-23-20-18-17-19-22-25-28-31-35-43(56)34-6-4-2)41-67-72(62,63)71-73(64,65)68-42-45-49(59)50(60)51(70-45)55-39-38-46(53)54-52(55)61/h5-7,9-10,12-13,15-18,22-23,25-26,28,31,34,38-39,43-45,49-51,56,59-60H,3-4,8,11,14,19-21,24,27,29-30,32-33,35-37,40-42H2,1-2H3,(H,62,63)(H,64,65)(H2,53,54,61)/b7-5-,10-9-,13-12-,16-15-,18-17-,25-22-,26-23-,31-28+,34-6-/t43?,44-,45-,49-,50-,51-/m1/s1. The molecule has 21 heteroatoms. The van der Waals surface area contributed by atoms with Gasteiger partial charge in [-0.3, -0.25) is 23.2 Å². The maximum atomic E-state index is 12.9. The zero-order valence-electron chi connectivity index (χ0n) is 42.2. The van der Waals surface area contributed by atoms with Gasteiger partial charge in [0.1, 0.15) is 30.7 Å². The number of aliphatic hydroxyl groups is 3. The highest BCUT2D eigenvalue weighted by Gasteiger charge is 2.46. The van der Waals surface area contributed by atoms with E-state index < -0.39 is 89.8 Å². The first kappa shape index (κ1) is 64.5. The number of carbonyl (C=O) groups excluding carboxylic acids is 2. The number of nitrogens with zero attached hydrogens (tertiary/aromatic N) is 2. The Morgan fingerprint density at radius 3 is 1.93 bits per heavy atom. The third kappa shape index (κ3) is 31.7. The lowest BCUT2D eigenvalue weighted by molar-refractivity contribution is -0.161. The molecule has 0 radical (unpaired) electrons. The third-order valence-electron chi connectivity index (χ3n) is 10.4. The highest BCUT2D eigenvalue weighted by atomic mass is 31.3. The summed E-state index contributed by atoms with van der Waals surface area (Å²) in [4.78, 5) is 61.9. The van der Waals surface area contributed by atoms with E-state index in [9.17, 15) is 48.6 Å². The summed E-state index contributed by atoms with van der Waals surface area (Å²) < 4.78 is 56.6. The van der Waals surface area contributed by atoms with E-state index in [1.165, 1.54) is 6.07 Å². The lowest BCUT2D eigenvalue weighted by atomic mass is 10.1. The summed E-state index contributed by atoms with van der Waals surface area (Å²) in [5.74, 6) is -1.44. The number of esters is 2. The van der Waals surface area contributed by atoms with Crippen molar-refractivity contribution in [3.8, 4) is 0 Å². The van der Waals surface area contributed by atoms with Gasteiger partial charge in [0.25, 0.3) is 0 Å². The molecule has 0 saturated carbocycles. The van der Waals surface area contributed by atoms with Crippen molar-refractivity contribution in [2.45, 2.75) is 160 Å². The van der Waals surface area contributed by atoms with Crippen molar-refractivity contribution >= 4 is 33.4 Å². The highest BCUT2D eigenvalue weighted by Crippen LogP contribution is 2.60. The van der Waals surface area contributed by atoms with Gasteiger partial charge in [-0.05, 0) is 89.5 Å². The lowest BCUT2D eigenvalue weighted by Gasteiger charge is -2.21. The number of unbranched alkanes of at least 4 members (excludes halogenated alkanes) is 5. The van der Waals surface area contributed by atoms with Crippen LogP contribution in [-0.4, -0.2) is 96.9 Å². The van der Waals surface area contributed by atoms with Crippen LogP contribution in [0.1, 0.15) is 129 Å². The van der Waals surface area contributed by atoms with Gasteiger partial charge in [0.2, 0.25) is 0 Å². The number of hydrogen-bond donors (Lipinski definition) is 6. The molecule has 8 atom stereocenters. The molecule has 1 aliphatic heterocycles. The van der Waals surface area contributed by atoms with Crippen LogP contribution in [0, 0.1) is 0 Å². The number of nitrogen functional groups attached to an aromatic ring is 1. The summed E-state index contributed by atoms with van der Waals surface area (Å²) in [6, 6.07) is 1.24. The fourth-order valence-corrected chi connectivity index (χ4v) is 8.70. The number of aliphatic hydroxyl groups excluding tert-OH is 3. The maximum absolute atomic E-state index is 12.9. The van der Waals surface area contributed by atoms with Crippen LogP contribution in [0.2, 0.25) is 0 Å². The topological polar surface area (TPSA) is 286 Å². The Balaban J connectivity index is 1.85. The van der Waals surface area contributed by atoms with Crippen LogP contribution in [0.25, 0.3) is 0 Å². The maximum Gasteiger partial charge on any atom is 0.481 e. The Morgan fingerprint density at radius 2 is 1.29 bits per heavy atom. The Hall–Kier alpha value is -4.62. The fourth-order valence-electron chi connectivity index (χ4n) is 6.59. The average Bonchev–Trinajstić information content (AvgIpc) is 3.62. The van der Waals surface area contributed by atoms with E-state index in [0.29, 0.717) is 32.1 Å². The van der Waals surface area contributed by atoms with Crippen molar-refractivity contribution in [3.63, 3.8) is 0 Å². The molecule has 73 heavy (non-hydrogen) atoms. The number of aromatic nitrogens is 2. The molecule has 408 valence electrons. The van der Waals surface area contributed by atoms with E-state index in [2.05, 4.69) is 64.8 Å². The normalized spacial score (nSPS) is 20.3. The van der Waals surface area contributed by atoms with E-state index in [0.717, 1.165) is 75.0 Å². The van der Waals surface area contributed by atoms with Crippen molar-refractivity contribution in [2.75, 3.05) is 25.6 Å². The smallest absolute Gasteiger partial charge is 0.462 e. The number of rotatable bonds is 39. The van der Waals surface area contributed by atoms with Gasteiger partial charge in [0, 0.05) is 19.0 Å². The van der Waals surface area contributed by atoms with Crippen molar-refractivity contribution in [1.82, 2.24) is 9.55 Å². The summed E-state index contributed by atoms with van der Waals surface area (Å²) >= 11 is 0. The Morgan fingerprint density at radius 1 is 0.726 bits per heavy atom. The van der Waals surface area contributed by atoms with Gasteiger partial charge in [0.15, 0.2) is 12.3 Å². The van der Waals surface area contributed by atoms with E-state index in [-0.39, 0.29) is 18.7 Å². The van der Waals surface area contributed by atoms with Gasteiger partial charge in [-0.1, -0.05) is 136 Å². The molecule has 0 bridgehead atoms. The van der Waals surface area contributed by atoms with Crippen LogP contribution >= 0.6 is 15.6 Å². The van der Waals surface area contributed by atoms with Crippen LogP contribution in [0.3, 0.4) is 0 Å². The second-order valence-corrected chi connectivity index (χ2v) is 19.8. The monoisotopic (exact) mass is 1060 g/mol. The van der Waals surface area contributed by atoms with Crippen LogP contribution < -0.4 is 11.4 Å². The van der Waals surface area contributed by atoms with Gasteiger partial charge in [-0.2, -0.15) is 9.29 Å². The molecular formula is C52H79N3O16P2. The van der Waals surface area contributed by atoms with Crippen molar-refractivity contribution in [2.24, 2.45) is 0 Å². The van der Waals surface area contributed by atoms with Crippen molar-refractivity contribution in [1.29, 1.82) is 0 Å². The molecule has 1 aromatic heterocycles. The van der Waals surface area contributed by atoms with E-state index in [4.69, 9.17) is 29.0 Å². The molecule has 1 aliphatic rings. The molecule has 3 unspecified atom stereocenters. The van der Waals surface area contributed by atoms with Gasteiger partial charge in [0.05, 0.1) is 19.3 Å². The first-order valence-corrected chi connectivity index (χ1v) is 28.0. The molecular weight excluding hydrogens is 985 g/mol. The minimum Gasteiger partial charge on any atom is -0.462 e. The van der Waals surface area contributed by atoms with Gasteiger partial charge < -0.3 is 45.1 Å². The van der Waals surface area contributed by atoms with Crippen LogP contribution in [0.4, 0.5) is 5.82 Å². The molecule has 1 aromatic rings. The Labute approximate surface area is 430 Å². The molecule has 1 saturated heterocycles. The Kier molecular flexibility index (Phi) is 34.4. The third-order valence-corrected chi connectivity index (χ3v) is 13.0. The predicted octanol–water partition coefficient (Wildman–Crippen LogP) is 9.19. The summed E-state index contributed by atoms with van der Waals surface area (Å²) in [5.41, 5.74) is 4.57. The summed E-state index contributed by atoms with van der Waals surface area (Å²) in [6.07, 6.45) is 40.9. The van der Waals surface area contributed by atoms with E-state index in [1.54, 1.807) is 6.08 Å². The second-order valence-electron chi connectivity index (χ2n) is 16.7. The highest BCUT2D eigenvalue weighted by molar-refractivity contribution is 7.61. The Bertz CT molecular complexity index is 2170. The van der Waals surface area contributed by atoms with Gasteiger partial charge in [-0.25, -0.2) is 13.9 Å². The zero-order chi connectivity index (χ0) is 53.6. The van der Waals surface area contributed by atoms with E-state index in [1.807, 2.05) is 61.6 Å². The number of ether oxygens (including phenoxy) is 3. The van der Waals surface area contributed by atoms with Crippen LogP contribution in [0.5, 0.6) is 0 Å². The number of allylic oxidation sites excluding steroid dienone is 16. The molecule has 19 nitrogen and oxygen atoms in total. The second kappa shape index (κ2) is 38.9. The molecule has 7 N–H and O–H groups in total. The molecule has 0 amide bonds. The summed E-state index contributed by atoms with van der Waals surface area (Å²) in [6.45, 7) is 1.70. The molecule has 2 heterocycles. The van der Waals surface area contributed by atoms with Crippen molar-refractivity contribution < 1.29 is 71.4 Å². The summed E-state index contributed by atoms with van der Waals surface area (Å²) in [7, 11) is -10.9. The summed E-state index contributed by atoms with van der Waals surface area (Å²) in [5, 5.41) is 30.7. The van der Waals surface area contributed by atoms with Crippen LogP contribution in [-0.2, 0) is 46.3 Å². The number of hydrogen-bond acceptors (Lipinski definition) is 16. The first-order chi connectivity index (χ1) is 35.1. The number of phosphoric ester groups is 2. The minimum absolute atomic E-state index is 0.00568. The SMILES string of the molecule is CC/C=C\C/C=C\C/C=C\C/C=C\CCCCCCC(=O)O[C@H](COC(=O)CCC/C=C\C/C=C\C/C=C\C=C\CC(O)/C=C\CC)COP(=O)(O)OP(=O)(O)OC[C@H]1O[C@@H](n2ccc(N)nc2=O)[C@H](O)[C@@H]1O. The largest absolute Gasteiger partial charge is 0.481 e. The van der Waals surface area contributed by atoms with E-state index >= 15 is 0 Å². The molecule has 0 aliphatic carbocycles. The van der Waals surface area contributed by atoms with Gasteiger partial charge in [-0.15, -0.1) is 0 Å². The number of anilines is 1. The fraction of sp³-hybridized carbons (Fsp3) is 0.538. The number of nitrogens with two attached hydrogens (primary N) is 1. The molecule has 0 aromatic carbocycles. The van der Waals surface area contributed by atoms with Gasteiger partial charge >= 0.3 is 33.3 Å². The molecule has 1 fully saturated rings. The first-order valence-electron chi connectivity index (χ1n) is 25.0. The quantitative estimate of drug-likeness (QED) is 0.0118. The molecule has 0 spiro atoms. The molecule has 2 rings (SSSR count). The predicted molar refractivity (Wildman–Crippen MR) is 280 cm³/mol. The van der Waals surface area contributed by atoms with Crippen molar-refractivity contribution in [3.05, 3.63) is 132 Å². The zero-order valence-corrected chi connectivity index (χ0v) is 44.0.